The van der Waals surface area contributed by atoms with Gasteiger partial charge in [-0.25, -0.2) is 0 Å². The van der Waals surface area contributed by atoms with Gasteiger partial charge in [0.05, 0.1) is 5.54 Å². The molecule has 3 rings (SSSR count). The van der Waals surface area contributed by atoms with Gasteiger partial charge in [0.25, 0.3) is 0 Å². The summed E-state index contributed by atoms with van der Waals surface area (Å²) in [6, 6.07) is 7.90. The third-order valence-corrected chi connectivity index (χ3v) is 3.68. The first-order valence-corrected chi connectivity index (χ1v) is 6.31. The van der Waals surface area contributed by atoms with E-state index in [9.17, 15) is 4.79 Å². The molecule has 4 heteroatoms. The Labute approximate surface area is 106 Å². The normalized spacial score (nSPS) is 23.4. The summed E-state index contributed by atoms with van der Waals surface area (Å²) in [5.74, 6) is 0.0508. The van der Waals surface area contributed by atoms with E-state index < -0.39 is 5.54 Å². The predicted molar refractivity (Wildman–Crippen MR) is 72.6 cm³/mol. The number of aromatic nitrogens is 1. The van der Waals surface area contributed by atoms with Gasteiger partial charge in [-0.05, 0) is 50.6 Å². The number of carbonyl (C=O) groups excluding carboxylic acids is 1. The number of hydrogen-bond acceptors (Lipinski definition) is 2. The van der Waals surface area contributed by atoms with E-state index in [2.05, 4.69) is 15.6 Å². The zero-order valence-electron chi connectivity index (χ0n) is 10.4. The average Bonchev–Trinajstić information content (AvgIpc) is 2.98. The summed E-state index contributed by atoms with van der Waals surface area (Å²) in [7, 11) is 0. The van der Waals surface area contributed by atoms with Crippen molar-refractivity contribution in [2.75, 3.05) is 11.9 Å². The average molecular weight is 243 g/mol. The first-order chi connectivity index (χ1) is 8.67. The van der Waals surface area contributed by atoms with E-state index in [1.165, 1.54) is 0 Å². The van der Waals surface area contributed by atoms with Crippen molar-refractivity contribution in [1.29, 1.82) is 0 Å². The highest BCUT2D eigenvalue weighted by Gasteiger charge is 2.35. The molecule has 1 fully saturated rings. The van der Waals surface area contributed by atoms with Gasteiger partial charge >= 0.3 is 0 Å². The number of anilines is 1. The lowest BCUT2D eigenvalue weighted by atomic mass is 9.99. The number of amides is 1. The summed E-state index contributed by atoms with van der Waals surface area (Å²) in [5, 5.41) is 7.37. The molecule has 1 aromatic heterocycles. The topological polar surface area (TPSA) is 56.9 Å². The lowest BCUT2D eigenvalue weighted by molar-refractivity contribution is -0.121. The molecular weight excluding hydrogens is 226 g/mol. The maximum Gasteiger partial charge on any atom is 0.244 e. The van der Waals surface area contributed by atoms with Crippen molar-refractivity contribution in [3.63, 3.8) is 0 Å². The number of carbonyl (C=O) groups is 1. The van der Waals surface area contributed by atoms with Crippen LogP contribution in [0.15, 0.2) is 30.5 Å². The fraction of sp³-hybridized carbons (Fsp3) is 0.357. The molecule has 1 saturated heterocycles. The number of H-pyrrole nitrogens is 1. The van der Waals surface area contributed by atoms with Crippen LogP contribution in [0.5, 0.6) is 0 Å². The smallest absolute Gasteiger partial charge is 0.244 e. The highest BCUT2D eigenvalue weighted by atomic mass is 16.2. The fourth-order valence-corrected chi connectivity index (χ4v) is 2.49. The van der Waals surface area contributed by atoms with Crippen LogP contribution in [0.1, 0.15) is 19.8 Å². The lowest BCUT2D eigenvalue weighted by Crippen LogP contribution is -2.47. The maximum absolute atomic E-state index is 12.2. The molecule has 2 aromatic rings. The zero-order chi connectivity index (χ0) is 12.6. The molecule has 1 atom stereocenters. The highest BCUT2D eigenvalue weighted by molar-refractivity contribution is 5.99. The van der Waals surface area contributed by atoms with E-state index in [0.717, 1.165) is 36.0 Å². The van der Waals surface area contributed by atoms with Gasteiger partial charge in [0.15, 0.2) is 0 Å². The minimum Gasteiger partial charge on any atom is -0.361 e. The van der Waals surface area contributed by atoms with E-state index in [-0.39, 0.29) is 5.91 Å². The molecule has 0 bridgehead atoms. The molecule has 0 aliphatic carbocycles. The van der Waals surface area contributed by atoms with Crippen molar-refractivity contribution in [2.24, 2.45) is 0 Å². The number of hydrogen-bond donors (Lipinski definition) is 3. The van der Waals surface area contributed by atoms with Crippen molar-refractivity contribution in [1.82, 2.24) is 10.3 Å². The molecule has 1 amide bonds. The number of benzene rings is 1. The van der Waals surface area contributed by atoms with Gasteiger partial charge in [0.1, 0.15) is 0 Å². The summed E-state index contributed by atoms with van der Waals surface area (Å²) in [6.07, 6.45) is 3.85. The Bertz CT molecular complexity index is 581. The Hall–Kier alpha value is -1.81. The lowest BCUT2D eigenvalue weighted by Gasteiger charge is -2.23. The van der Waals surface area contributed by atoms with E-state index in [1.807, 2.05) is 37.4 Å². The minimum atomic E-state index is -0.424. The molecule has 0 saturated carbocycles. The van der Waals surface area contributed by atoms with E-state index in [0.29, 0.717) is 0 Å². The van der Waals surface area contributed by atoms with Crippen LogP contribution in [0.25, 0.3) is 10.9 Å². The second-order valence-corrected chi connectivity index (χ2v) is 5.10. The third kappa shape index (κ3) is 1.88. The Morgan fingerprint density at radius 2 is 2.28 bits per heavy atom. The number of fused-ring (bicyclic) bond motifs is 1. The quantitative estimate of drug-likeness (QED) is 0.757. The van der Waals surface area contributed by atoms with Crippen molar-refractivity contribution in [2.45, 2.75) is 25.3 Å². The fourth-order valence-electron chi connectivity index (χ4n) is 2.49. The van der Waals surface area contributed by atoms with Crippen LogP contribution in [-0.4, -0.2) is 23.0 Å². The Morgan fingerprint density at radius 3 is 3.06 bits per heavy atom. The standard InChI is InChI=1S/C14H17N3O/c1-14(6-2-7-16-14)13(18)17-11-3-4-12-10(9-11)5-8-15-12/h3-5,8-9,15-16H,2,6-7H2,1H3,(H,17,18). The SMILES string of the molecule is CC1(C(=O)Nc2ccc3[nH]ccc3c2)CCCN1. The Morgan fingerprint density at radius 1 is 1.39 bits per heavy atom. The van der Waals surface area contributed by atoms with Crippen LogP contribution >= 0.6 is 0 Å². The first kappa shape index (κ1) is 11.3. The van der Waals surface area contributed by atoms with Crippen LogP contribution in [0, 0.1) is 0 Å². The Kier molecular flexibility index (Phi) is 2.59. The monoisotopic (exact) mass is 243 g/mol. The first-order valence-electron chi connectivity index (χ1n) is 6.31. The van der Waals surface area contributed by atoms with Gasteiger partial charge in [-0.2, -0.15) is 0 Å². The molecule has 4 nitrogen and oxygen atoms in total. The van der Waals surface area contributed by atoms with Crippen molar-refractivity contribution >= 4 is 22.5 Å². The van der Waals surface area contributed by atoms with Crippen LogP contribution in [0.4, 0.5) is 5.69 Å². The van der Waals surface area contributed by atoms with Crippen molar-refractivity contribution in [3.05, 3.63) is 30.5 Å². The second kappa shape index (κ2) is 4.14. The molecule has 1 aromatic carbocycles. The van der Waals surface area contributed by atoms with Crippen molar-refractivity contribution < 1.29 is 4.79 Å². The van der Waals surface area contributed by atoms with Crippen molar-refractivity contribution in [3.8, 4) is 0 Å². The number of rotatable bonds is 2. The van der Waals surface area contributed by atoms with E-state index >= 15 is 0 Å². The Balaban J connectivity index is 1.81. The molecule has 0 radical (unpaired) electrons. The predicted octanol–water partition coefficient (Wildman–Crippen LogP) is 2.25. The summed E-state index contributed by atoms with van der Waals surface area (Å²) in [6.45, 7) is 2.88. The van der Waals surface area contributed by atoms with Crippen LogP contribution in [0.3, 0.4) is 0 Å². The highest BCUT2D eigenvalue weighted by Crippen LogP contribution is 2.22. The molecule has 0 spiro atoms. The van der Waals surface area contributed by atoms with E-state index in [4.69, 9.17) is 0 Å². The summed E-state index contributed by atoms with van der Waals surface area (Å²) < 4.78 is 0. The minimum absolute atomic E-state index is 0.0508. The molecule has 1 unspecified atom stereocenters. The van der Waals surface area contributed by atoms with Gasteiger partial charge in [-0.15, -0.1) is 0 Å². The van der Waals surface area contributed by atoms with Gasteiger partial charge in [-0.1, -0.05) is 0 Å². The van der Waals surface area contributed by atoms with Gasteiger partial charge in [0.2, 0.25) is 5.91 Å². The zero-order valence-corrected chi connectivity index (χ0v) is 10.4. The molecule has 3 N–H and O–H groups in total. The van der Waals surface area contributed by atoms with Gasteiger partial charge < -0.3 is 15.6 Å². The van der Waals surface area contributed by atoms with Crippen LogP contribution < -0.4 is 10.6 Å². The summed E-state index contributed by atoms with van der Waals surface area (Å²) in [5.41, 5.74) is 1.51. The number of nitrogens with one attached hydrogen (secondary N) is 3. The number of aromatic amines is 1. The molecular formula is C14H17N3O. The molecule has 1 aliphatic heterocycles. The second-order valence-electron chi connectivity index (χ2n) is 5.10. The van der Waals surface area contributed by atoms with Gasteiger partial charge in [0, 0.05) is 22.8 Å². The van der Waals surface area contributed by atoms with Crippen LogP contribution in [0.2, 0.25) is 0 Å². The molecule has 1 aliphatic rings. The molecule has 94 valence electrons. The molecule has 18 heavy (non-hydrogen) atoms. The summed E-state index contributed by atoms with van der Waals surface area (Å²) >= 11 is 0. The van der Waals surface area contributed by atoms with Gasteiger partial charge in [-0.3, -0.25) is 4.79 Å². The van der Waals surface area contributed by atoms with E-state index in [1.54, 1.807) is 0 Å². The third-order valence-electron chi connectivity index (χ3n) is 3.68. The largest absolute Gasteiger partial charge is 0.361 e. The molecule has 2 heterocycles. The summed E-state index contributed by atoms with van der Waals surface area (Å²) in [4.78, 5) is 15.4. The van der Waals surface area contributed by atoms with Crippen LogP contribution in [-0.2, 0) is 4.79 Å². The maximum atomic E-state index is 12.2.